The number of rotatable bonds is 7. The van der Waals surface area contributed by atoms with Gasteiger partial charge in [-0.2, -0.15) is 0 Å². The Morgan fingerprint density at radius 3 is 2.30 bits per heavy atom. The maximum Gasteiger partial charge on any atom is 0.409 e. The summed E-state index contributed by atoms with van der Waals surface area (Å²) in [5.74, 6) is 0.673. The Morgan fingerprint density at radius 2 is 1.73 bits per heavy atom. The molecule has 1 unspecified atom stereocenters. The molecular weight excluding hydrogens is 531 g/mol. The molecule has 2 aromatic carbocycles. The van der Waals surface area contributed by atoms with Gasteiger partial charge in [-0.3, -0.25) is 0 Å². The highest BCUT2D eigenvalue weighted by Gasteiger charge is 2.30. The van der Waals surface area contributed by atoms with Gasteiger partial charge >= 0.3 is 6.09 Å². The lowest BCUT2D eigenvalue weighted by Gasteiger charge is -2.32. The monoisotopic (exact) mass is 566 g/mol. The van der Waals surface area contributed by atoms with E-state index in [-0.39, 0.29) is 42.7 Å². The molecule has 1 aliphatic rings. The minimum absolute atomic E-state index is 0. The standard InChI is InChI=1S/C25H34N4O3.HI/c1-3-26-23(28-22-14-16-29(17-15-22)24(30)32-2)27-19-25(31,21-12-8-5-9-13-21)18-20-10-6-4-7-11-20;/h4-13,22,31H,3,14-19H2,1-2H3,(H2,26,27,28);1H. The number of piperidine rings is 1. The third-order valence-corrected chi connectivity index (χ3v) is 5.76. The van der Waals surface area contributed by atoms with Gasteiger partial charge in [-0.1, -0.05) is 60.7 Å². The molecular formula is C25H35IN4O3. The molecule has 0 saturated carbocycles. The molecule has 1 fully saturated rings. The number of carbonyl (C=O) groups excluding carboxylic acids is 1. The van der Waals surface area contributed by atoms with Crippen molar-refractivity contribution in [1.29, 1.82) is 0 Å². The third kappa shape index (κ3) is 7.89. The van der Waals surface area contributed by atoms with Gasteiger partial charge in [0.2, 0.25) is 0 Å². The largest absolute Gasteiger partial charge is 0.453 e. The van der Waals surface area contributed by atoms with Crippen molar-refractivity contribution in [2.75, 3.05) is 33.3 Å². The number of hydrogen-bond acceptors (Lipinski definition) is 4. The van der Waals surface area contributed by atoms with Gasteiger partial charge in [-0.15, -0.1) is 24.0 Å². The predicted molar refractivity (Wildman–Crippen MR) is 142 cm³/mol. The van der Waals surface area contributed by atoms with Crippen molar-refractivity contribution in [2.24, 2.45) is 4.99 Å². The van der Waals surface area contributed by atoms with Crippen molar-refractivity contribution >= 4 is 36.0 Å². The summed E-state index contributed by atoms with van der Waals surface area (Å²) < 4.78 is 4.81. The van der Waals surface area contributed by atoms with E-state index in [1.807, 2.05) is 67.6 Å². The van der Waals surface area contributed by atoms with E-state index in [0.29, 0.717) is 25.5 Å². The van der Waals surface area contributed by atoms with Gasteiger partial charge in [-0.25, -0.2) is 9.79 Å². The van der Waals surface area contributed by atoms with E-state index in [1.165, 1.54) is 7.11 Å². The fourth-order valence-electron chi connectivity index (χ4n) is 3.99. The van der Waals surface area contributed by atoms with Crippen LogP contribution in [0.2, 0.25) is 0 Å². The highest BCUT2D eigenvalue weighted by atomic mass is 127. The Labute approximate surface area is 213 Å². The van der Waals surface area contributed by atoms with E-state index in [0.717, 1.165) is 30.5 Å². The van der Waals surface area contributed by atoms with E-state index in [1.54, 1.807) is 4.90 Å². The highest BCUT2D eigenvalue weighted by Crippen LogP contribution is 2.26. The predicted octanol–water partition coefficient (Wildman–Crippen LogP) is 3.52. The molecule has 3 N–H and O–H groups in total. The number of likely N-dealkylation sites (tertiary alicyclic amines) is 1. The van der Waals surface area contributed by atoms with Crippen LogP contribution in [0.4, 0.5) is 4.79 Å². The first-order valence-electron chi connectivity index (χ1n) is 11.2. The van der Waals surface area contributed by atoms with Crippen molar-refractivity contribution in [3.8, 4) is 0 Å². The van der Waals surface area contributed by atoms with E-state index in [4.69, 9.17) is 9.73 Å². The van der Waals surface area contributed by atoms with E-state index >= 15 is 0 Å². The van der Waals surface area contributed by atoms with Crippen LogP contribution in [0.1, 0.15) is 30.9 Å². The van der Waals surface area contributed by atoms with Gasteiger partial charge in [0.15, 0.2) is 5.96 Å². The van der Waals surface area contributed by atoms with Crippen LogP contribution in [-0.2, 0) is 16.8 Å². The molecule has 0 bridgehead atoms. The van der Waals surface area contributed by atoms with Crippen molar-refractivity contribution in [1.82, 2.24) is 15.5 Å². The second-order valence-corrected chi connectivity index (χ2v) is 8.13. The van der Waals surface area contributed by atoms with E-state index in [9.17, 15) is 9.90 Å². The number of halogens is 1. The number of carbonyl (C=O) groups is 1. The lowest BCUT2D eigenvalue weighted by molar-refractivity contribution is 0.0466. The van der Waals surface area contributed by atoms with Crippen molar-refractivity contribution in [3.63, 3.8) is 0 Å². The third-order valence-electron chi connectivity index (χ3n) is 5.76. The van der Waals surface area contributed by atoms with Crippen LogP contribution in [0, 0.1) is 0 Å². The zero-order chi connectivity index (χ0) is 22.8. The molecule has 7 nitrogen and oxygen atoms in total. The number of amides is 1. The number of aliphatic imine (C=N–C) groups is 1. The Morgan fingerprint density at radius 1 is 1.12 bits per heavy atom. The molecule has 0 aromatic heterocycles. The molecule has 180 valence electrons. The summed E-state index contributed by atoms with van der Waals surface area (Å²) in [4.78, 5) is 18.2. The number of benzene rings is 2. The first-order valence-corrected chi connectivity index (χ1v) is 11.2. The summed E-state index contributed by atoms with van der Waals surface area (Å²) in [6, 6.07) is 19.9. The normalized spacial score (nSPS) is 16.3. The van der Waals surface area contributed by atoms with Crippen molar-refractivity contribution in [2.45, 2.75) is 37.8 Å². The Hall–Kier alpha value is -2.33. The molecule has 3 rings (SSSR count). The molecule has 2 aromatic rings. The van der Waals surface area contributed by atoms with Crippen LogP contribution >= 0.6 is 24.0 Å². The number of hydrogen-bond donors (Lipinski definition) is 3. The highest BCUT2D eigenvalue weighted by molar-refractivity contribution is 14.0. The summed E-state index contributed by atoms with van der Waals surface area (Å²) in [6.45, 7) is 4.25. The number of aliphatic hydroxyl groups is 1. The van der Waals surface area contributed by atoms with E-state index in [2.05, 4.69) is 10.6 Å². The Balaban J connectivity index is 0.00000385. The van der Waals surface area contributed by atoms with Crippen LogP contribution in [0.15, 0.2) is 65.7 Å². The topological polar surface area (TPSA) is 86.2 Å². The van der Waals surface area contributed by atoms with Gasteiger partial charge in [0.25, 0.3) is 0 Å². The minimum atomic E-state index is -1.13. The summed E-state index contributed by atoms with van der Waals surface area (Å²) in [5, 5.41) is 18.4. The van der Waals surface area contributed by atoms with Crippen LogP contribution in [0.25, 0.3) is 0 Å². The summed E-state index contributed by atoms with van der Waals surface area (Å²) in [6.07, 6.45) is 1.81. The maximum atomic E-state index is 11.7. The first-order chi connectivity index (χ1) is 15.5. The molecule has 1 heterocycles. The van der Waals surface area contributed by atoms with Crippen LogP contribution in [-0.4, -0.2) is 61.4 Å². The van der Waals surface area contributed by atoms with E-state index < -0.39 is 5.60 Å². The minimum Gasteiger partial charge on any atom is -0.453 e. The quantitative estimate of drug-likeness (QED) is 0.272. The van der Waals surface area contributed by atoms with Crippen LogP contribution in [0.3, 0.4) is 0 Å². The molecule has 0 aliphatic carbocycles. The van der Waals surface area contributed by atoms with Gasteiger partial charge in [0.1, 0.15) is 5.60 Å². The molecule has 0 radical (unpaired) electrons. The molecule has 1 atom stereocenters. The molecule has 1 saturated heterocycles. The maximum absolute atomic E-state index is 11.7. The van der Waals surface area contributed by atoms with Crippen LogP contribution in [0.5, 0.6) is 0 Å². The smallest absolute Gasteiger partial charge is 0.409 e. The fourth-order valence-corrected chi connectivity index (χ4v) is 3.99. The van der Waals surface area contributed by atoms with Gasteiger partial charge in [0.05, 0.1) is 13.7 Å². The lowest BCUT2D eigenvalue weighted by atomic mass is 9.87. The number of guanidine groups is 1. The van der Waals surface area contributed by atoms with Gasteiger partial charge in [-0.05, 0) is 30.9 Å². The van der Waals surface area contributed by atoms with Crippen molar-refractivity contribution in [3.05, 3.63) is 71.8 Å². The number of nitrogens with zero attached hydrogens (tertiary/aromatic N) is 2. The summed E-state index contributed by atoms with van der Waals surface area (Å²) >= 11 is 0. The van der Waals surface area contributed by atoms with Crippen molar-refractivity contribution < 1.29 is 14.6 Å². The summed E-state index contributed by atoms with van der Waals surface area (Å²) in [7, 11) is 1.41. The SMILES string of the molecule is CCNC(=NCC(O)(Cc1ccccc1)c1ccccc1)NC1CCN(C(=O)OC)CC1.I. The zero-order valence-corrected chi connectivity index (χ0v) is 21.7. The second kappa shape index (κ2) is 13.4. The Kier molecular flexibility index (Phi) is 10.9. The molecule has 1 amide bonds. The van der Waals surface area contributed by atoms with Gasteiger partial charge in [0, 0.05) is 32.1 Å². The lowest BCUT2D eigenvalue weighted by Crippen LogP contribution is -2.50. The average Bonchev–Trinajstić information content (AvgIpc) is 2.84. The number of nitrogens with one attached hydrogen (secondary N) is 2. The summed E-state index contributed by atoms with van der Waals surface area (Å²) in [5.41, 5.74) is 0.774. The molecule has 33 heavy (non-hydrogen) atoms. The molecule has 8 heteroatoms. The van der Waals surface area contributed by atoms with Gasteiger partial charge < -0.3 is 25.4 Å². The average molecular weight is 566 g/mol. The molecule has 0 spiro atoms. The Bertz CT molecular complexity index is 874. The number of ether oxygens (including phenoxy) is 1. The number of methoxy groups -OCH3 is 1. The first kappa shape index (κ1) is 26.9. The van der Waals surface area contributed by atoms with Crippen LogP contribution < -0.4 is 10.6 Å². The zero-order valence-electron chi connectivity index (χ0n) is 19.4. The second-order valence-electron chi connectivity index (χ2n) is 8.13. The fraction of sp³-hybridized carbons (Fsp3) is 0.440. The molecule has 1 aliphatic heterocycles.